The number of ether oxygens (including phenoxy) is 1. The summed E-state index contributed by atoms with van der Waals surface area (Å²) < 4.78 is 14.3. The van der Waals surface area contributed by atoms with Gasteiger partial charge in [0.2, 0.25) is 5.43 Å². The van der Waals surface area contributed by atoms with Crippen LogP contribution in [0.4, 0.5) is 5.88 Å². The number of thiophene rings is 1. The molecule has 3 aromatic heterocycles. The SMILES string of the molecule is C=C1C=C(/C=C/Cc2ccc(-c3csc4c(=O)cc(N(CCC)CCC5=C[CH]5)oc34)cc2)N=c2c(cc(C(=O)OC)n2C2CCCC2)=C1. The van der Waals surface area contributed by atoms with Gasteiger partial charge in [0.1, 0.15) is 15.9 Å². The Balaban J connectivity index is 1.11. The van der Waals surface area contributed by atoms with Crippen molar-refractivity contribution in [1.29, 1.82) is 0 Å². The Morgan fingerprint density at radius 1 is 1.17 bits per heavy atom. The predicted octanol–water partition coefficient (Wildman–Crippen LogP) is 7.63. The average Bonchev–Trinajstić information content (AvgIpc) is 3.44. The quantitative estimate of drug-likeness (QED) is 0.146. The van der Waals surface area contributed by atoms with Gasteiger partial charge in [-0.05, 0) is 73.1 Å². The van der Waals surface area contributed by atoms with Crippen LogP contribution in [-0.4, -0.2) is 30.7 Å². The van der Waals surface area contributed by atoms with Crippen molar-refractivity contribution in [3.63, 3.8) is 0 Å². The molecule has 1 aromatic carbocycles. The molecule has 8 heteroatoms. The number of esters is 1. The summed E-state index contributed by atoms with van der Waals surface area (Å²) in [6, 6.07) is 12.2. The summed E-state index contributed by atoms with van der Waals surface area (Å²) in [6.07, 6.45) is 19.3. The van der Waals surface area contributed by atoms with Gasteiger partial charge in [0, 0.05) is 47.8 Å². The first-order chi connectivity index (χ1) is 23.4. The van der Waals surface area contributed by atoms with Crippen molar-refractivity contribution >= 4 is 39.5 Å². The van der Waals surface area contributed by atoms with Gasteiger partial charge in [-0.15, -0.1) is 11.3 Å². The number of allylic oxidation sites excluding steroid dienone is 5. The molecule has 7 nitrogen and oxygen atoms in total. The van der Waals surface area contributed by atoms with Crippen LogP contribution in [0.1, 0.15) is 67.5 Å². The number of nitrogens with zero attached hydrogens (tertiary/aromatic N) is 3. The summed E-state index contributed by atoms with van der Waals surface area (Å²) in [5.41, 5.74) is 8.08. The molecule has 0 atom stereocenters. The minimum Gasteiger partial charge on any atom is -0.464 e. The number of hydrogen-bond donors (Lipinski definition) is 0. The maximum Gasteiger partial charge on any atom is 0.354 e. The summed E-state index contributed by atoms with van der Waals surface area (Å²) in [5.74, 6) is 0.297. The molecule has 1 aliphatic heterocycles. The van der Waals surface area contributed by atoms with E-state index >= 15 is 0 Å². The third-order valence-corrected chi connectivity index (χ3v) is 10.2. The molecule has 245 valence electrons. The zero-order valence-corrected chi connectivity index (χ0v) is 28.4. The first kappa shape index (κ1) is 31.9. The van der Waals surface area contributed by atoms with Crippen molar-refractivity contribution in [2.75, 3.05) is 25.1 Å². The molecule has 0 amide bonds. The highest BCUT2D eigenvalue weighted by molar-refractivity contribution is 7.17. The first-order valence-corrected chi connectivity index (χ1v) is 17.7. The number of carbonyl (C=O) groups is 1. The Kier molecular flexibility index (Phi) is 9.17. The maximum atomic E-state index is 13.1. The lowest BCUT2D eigenvalue weighted by Crippen LogP contribution is -2.32. The highest BCUT2D eigenvalue weighted by atomic mass is 32.1. The minimum atomic E-state index is -0.342. The van der Waals surface area contributed by atoms with E-state index in [0.29, 0.717) is 21.9 Å². The smallest absolute Gasteiger partial charge is 0.354 e. The molecular weight excluding hydrogens is 619 g/mol. The number of hydrogen-bond acceptors (Lipinski definition) is 7. The molecule has 1 fully saturated rings. The van der Waals surface area contributed by atoms with E-state index < -0.39 is 0 Å². The number of benzene rings is 1. The molecule has 1 saturated carbocycles. The Hall–Kier alpha value is -4.69. The number of aromatic nitrogens is 1. The van der Waals surface area contributed by atoms with Gasteiger partial charge in [-0.3, -0.25) is 4.79 Å². The number of carbonyl (C=O) groups excluding carboxylic acids is 1. The summed E-state index contributed by atoms with van der Waals surface area (Å²) in [4.78, 5) is 33.0. The molecule has 3 aliphatic rings. The Morgan fingerprint density at radius 2 is 1.96 bits per heavy atom. The lowest BCUT2D eigenvalue weighted by molar-refractivity contribution is 0.0585. The van der Waals surface area contributed by atoms with Gasteiger partial charge in [-0.25, -0.2) is 9.79 Å². The standard InChI is InChI=1S/C40H40N3O4S/c1-4-19-42(20-18-28-12-13-28)36-24-35(44)38-37(47-36)33(25-48-38)29-16-14-27(15-17-29)8-7-9-31-22-26(2)21-30-23-34(40(45)46-3)43(39(30)41-31)32-10-5-6-11-32/h7,9,12-17,21-25,32H,2,4-6,8,10-11,18-20H2,1,3H3/b9-7+. The maximum absolute atomic E-state index is 13.1. The molecule has 0 saturated heterocycles. The molecule has 48 heavy (non-hydrogen) atoms. The van der Waals surface area contributed by atoms with E-state index in [4.69, 9.17) is 14.1 Å². The molecule has 0 bridgehead atoms. The number of methoxy groups -OCH3 is 1. The van der Waals surface area contributed by atoms with Crippen LogP contribution in [-0.2, 0) is 11.2 Å². The van der Waals surface area contributed by atoms with Gasteiger partial charge in [-0.2, -0.15) is 0 Å². The first-order valence-electron chi connectivity index (χ1n) is 16.8. The number of fused-ring (bicyclic) bond motifs is 2. The fourth-order valence-corrected chi connectivity index (χ4v) is 7.65. The predicted molar refractivity (Wildman–Crippen MR) is 194 cm³/mol. The van der Waals surface area contributed by atoms with E-state index in [1.165, 1.54) is 24.0 Å². The van der Waals surface area contributed by atoms with Gasteiger partial charge < -0.3 is 18.6 Å². The fourth-order valence-electron chi connectivity index (χ4n) is 6.74. The largest absolute Gasteiger partial charge is 0.464 e. The monoisotopic (exact) mass is 658 g/mol. The highest BCUT2D eigenvalue weighted by Gasteiger charge is 2.25. The van der Waals surface area contributed by atoms with E-state index in [0.717, 1.165) is 96.7 Å². The average molecular weight is 659 g/mol. The van der Waals surface area contributed by atoms with E-state index in [-0.39, 0.29) is 17.4 Å². The molecule has 0 N–H and O–H groups in total. The zero-order chi connectivity index (χ0) is 33.2. The van der Waals surface area contributed by atoms with Crippen LogP contribution in [0, 0.1) is 6.42 Å². The van der Waals surface area contributed by atoms with Gasteiger partial charge in [0.25, 0.3) is 0 Å². The lowest BCUT2D eigenvalue weighted by atomic mass is 10.0. The second kappa shape index (κ2) is 13.8. The van der Waals surface area contributed by atoms with E-state index in [2.05, 4.69) is 65.8 Å². The van der Waals surface area contributed by atoms with Gasteiger partial charge >= 0.3 is 5.97 Å². The molecule has 2 aliphatic carbocycles. The minimum absolute atomic E-state index is 0.00484. The van der Waals surface area contributed by atoms with E-state index in [1.807, 2.05) is 29.7 Å². The summed E-state index contributed by atoms with van der Waals surface area (Å²) >= 11 is 1.44. The van der Waals surface area contributed by atoms with E-state index in [9.17, 15) is 9.59 Å². The Labute approximate surface area is 284 Å². The molecule has 1 radical (unpaired) electrons. The summed E-state index contributed by atoms with van der Waals surface area (Å²) in [7, 11) is 1.42. The number of anilines is 1. The molecule has 4 heterocycles. The molecule has 7 rings (SSSR count). The van der Waals surface area contributed by atoms with Crippen molar-refractivity contribution in [2.24, 2.45) is 4.99 Å². The Morgan fingerprint density at radius 3 is 2.69 bits per heavy atom. The van der Waals surface area contributed by atoms with Crippen molar-refractivity contribution < 1.29 is 13.9 Å². The van der Waals surface area contributed by atoms with Gasteiger partial charge in [0.15, 0.2) is 11.5 Å². The van der Waals surface area contributed by atoms with Crippen molar-refractivity contribution in [3.05, 3.63) is 128 Å². The van der Waals surface area contributed by atoms with E-state index in [1.54, 1.807) is 6.07 Å². The third-order valence-electron chi connectivity index (χ3n) is 9.25. The van der Waals surface area contributed by atoms with Crippen LogP contribution in [0.2, 0.25) is 0 Å². The zero-order valence-electron chi connectivity index (χ0n) is 27.5. The van der Waals surface area contributed by atoms with Crippen molar-refractivity contribution in [3.8, 4) is 11.1 Å². The van der Waals surface area contributed by atoms with Crippen LogP contribution < -0.4 is 21.0 Å². The second-order valence-corrected chi connectivity index (χ2v) is 13.6. The molecule has 0 spiro atoms. The van der Waals surface area contributed by atoms with Gasteiger partial charge in [0.05, 0.1) is 12.8 Å². The van der Waals surface area contributed by atoms with Crippen molar-refractivity contribution in [2.45, 2.75) is 57.9 Å². The number of rotatable bonds is 12. The Bertz CT molecular complexity index is 2150. The second-order valence-electron chi connectivity index (χ2n) is 12.7. The lowest BCUT2D eigenvalue weighted by Gasteiger charge is -2.22. The topological polar surface area (TPSA) is 77.0 Å². The van der Waals surface area contributed by atoms with Crippen LogP contribution >= 0.6 is 11.3 Å². The van der Waals surface area contributed by atoms with Gasteiger partial charge in [-0.1, -0.05) is 68.3 Å². The molecular formula is C40H40N3O4S. The van der Waals surface area contributed by atoms with Crippen LogP contribution in [0.5, 0.6) is 0 Å². The summed E-state index contributed by atoms with van der Waals surface area (Å²) in [6.45, 7) is 8.01. The van der Waals surface area contributed by atoms with Crippen LogP contribution in [0.3, 0.4) is 0 Å². The molecule has 4 aromatic rings. The summed E-state index contributed by atoms with van der Waals surface area (Å²) in [5, 5.41) is 2.91. The third kappa shape index (κ3) is 6.67. The van der Waals surface area contributed by atoms with Crippen molar-refractivity contribution in [1.82, 2.24) is 4.57 Å². The normalized spacial score (nSPS) is 15.9. The fraction of sp³-hybridized carbons (Fsp3) is 0.300. The van der Waals surface area contributed by atoms with Crippen LogP contribution in [0.25, 0.3) is 27.5 Å². The highest BCUT2D eigenvalue weighted by Crippen LogP contribution is 2.35. The van der Waals surface area contributed by atoms with Crippen LogP contribution in [0.15, 0.2) is 104 Å². The molecule has 0 unspecified atom stereocenters.